The molecule has 1 saturated heterocycles. The van der Waals surface area contributed by atoms with Crippen LogP contribution in [0.3, 0.4) is 0 Å². The molecule has 1 N–H and O–H groups in total. The molecule has 3 amide bonds. The molecule has 1 aliphatic rings. The van der Waals surface area contributed by atoms with Crippen molar-refractivity contribution in [1.29, 1.82) is 0 Å². The molecule has 2 rings (SSSR count). The van der Waals surface area contributed by atoms with Crippen LogP contribution in [0.25, 0.3) is 0 Å². The van der Waals surface area contributed by atoms with Crippen molar-refractivity contribution in [2.24, 2.45) is 0 Å². The molecule has 6 heteroatoms. The molecule has 1 aromatic carbocycles. The predicted octanol–water partition coefficient (Wildman–Crippen LogP) is 1.89. The molecule has 1 aromatic rings. The Kier molecular flexibility index (Phi) is 4.79. The van der Waals surface area contributed by atoms with Crippen LogP contribution in [-0.4, -0.2) is 35.4 Å². The highest BCUT2D eigenvalue weighted by molar-refractivity contribution is 7.98. The molecule has 0 atom stereocenters. The first-order valence-corrected chi connectivity index (χ1v) is 7.59. The van der Waals surface area contributed by atoms with E-state index in [1.54, 1.807) is 11.8 Å². The molecule has 0 unspecified atom stereocenters. The lowest BCUT2D eigenvalue weighted by molar-refractivity contribution is -0.138. The molecular weight excluding hydrogens is 276 g/mol. The number of anilines is 1. The van der Waals surface area contributed by atoms with Gasteiger partial charge in [-0.1, -0.05) is 6.07 Å². The number of hydrogen-bond donors (Lipinski definition) is 1. The summed E-state index contributed by atoms with van der Waals surface area (Å²) in [7, 11) is 0. The fourth-order valence-corrected chi connectivity index (χ4v) is 2.47. The topological polar surface area (TPSA) is 66.5 Å². The molecule has 1 heterocycles. The van der Waals surface area contributed by atoms with Gasteiger partial charge in [-0.15, -0.1) is 11.8 Å². The Morgan fingerprint density at radius 3 is 2.65 bits per heavy atom. The van der Waals surface area contributed by atoms with Gasteiger partial charge in [-0.05, 0) is 24.5 Å². The molecule has 1 fully saturated rings. The Hall–Kier alpha value is -1.82. The SMILES string of the molecule is CSc1cccc(NC(=O)CCN2C(=O)CCC2=O)c1. The van der Waals surface area contributed by atoms with Gasteiger partial charge in [0.1, 0.15) is 0 Å². The van der Waals surface area contributed by atoms with E-state index in [9.17, 15) is 14.4 Å². The maximum Gasteiger partial charge on any atom is 0.229 e. The minimum absolute atomic E-state index is 0.126. The van der Waals surface area contributed by atoms with Crippen molar-refractivity contribution < 1.29 is 14.4 Å². The smallest absolute Gasteiger partial charge is 0.229 e. The number of amides is 3. The Morgan fingerprint density at radius 2 is 2.00 bits per heavy atom. The fourth-order valence-electron chi connectivity index (χ4n) is 2.01. The van der Waals surface area contributed by atoms with E-state index >= 15 is 0 Å². The maximum atomic E-state index is 11.8. The van der Waals surface area contributed by atoms with Crippen LogP contribution in [0.2, 0.25) is 0 Å². The second-order valence-corrected chi connectivity index (χ2v) is 5.35. The molecule has 5 nitrogen and oxygen atoms in total. The Labute approximate surface area is 121 Å². The number of nitrogens with zero attached hydrogens (tertiary/aromatic N) is 1. The van der Waals surface area contributed by atoms with E-state index in [2.05, 4.69) is 5.32 Å². The van der Waals surface area contributed by atoms with Crippen molar-refractivity contribution in [2.45, 2.75) is 24.2 Å². The summed E-state index contributed by atoms with van der Waals surface area (Å²) in [5, 5.41) is 2.77. The molecular formula is C14H16N2O3S. The van der Waals surface area contributed by atoms with E-state index in [1.807, 2.05) is 30.5 Å². The molecule has 106 valence electrons. The van der Waals surface area contributed by atoms with E-state index < -0.39 is 0 Å². The minimum atomic E-state index is -0.198. The number of thioether (sulfide) groups is 1. The van der Waals surface area contributed by atoms with Crippen LogP contribution in [0.5, 0.6) is 0 Å². The van der Waals surface area contributed by atoms with Crippen molar-refractivity contribution in [1.82, 2.24) is 4.90 Å². The summed E-state index contributed by atoms with van der Waals surface area (Å²) in [6.45, 7) is 0.158. The van der Waals surface area contributed by atoms with Crippen LogP contribution in [0.1, 0.15) is 19.3 Å². The number of likely N-dealkylation sites (tertiary alicyclic amines) is 1. The molecule has 0 radical (unpaired) electrons. The van der Waals surface area contributed by atoms with Gasteiger partial charge in [-0.3, -0.25) is 19.3 Å². The van der Waals surface area contributed by atoms with Gasteiger partial charge in [0.05, 0.1) is 0 Å². The Bertz CT molecular complexity index is 529. The zero-order valence-electron chi connectivity index (χ0n) is 11.2. The average Bonchev–Trinajstić information content (AvgIpc) is 2.76. The second-order valence-electron chi connectivity index (χ2n) is 4.47. The predicted molar refractivity (Wildman–Crippen MR) is 77.4 cm³/mol. The number of imide groups is 1. The van der Waals surface area contributed by atoms with Crippen molar-refractivity contribution in [3.63, 3.8) is 0 Å². The number of carbonyl (C=O) groups is 3. The van der Waals surface area contributed by atoms with Gasteiger partial charge in [0.15, 0.2) is 0 Å². The first-order valence-electron chi connectivity index (χ1n) is 6.37. The van der Waals surface area contributed by atoms with Gasteiger partial charge < -0.3 is 5.32 Å². The maximum absolute atomic E-state index is 11.8. The van der Waals surface area contributed by atoms with E-state index in [1.165, 1.54) is 0 Å². The molecule has 0 aliphatic carbocycles. The summed E-state index contributed by atoms with van der Waals surface area (Å²) in [5.41, 5.74) is 0.723. The van der Waals surface area contributed by atoms with Gasteiger partial charge in [0.2, 0.25) is 17.7 Å². The lowest BCUT2D eigenvalue weighted by Gasteiger charge is -2.13. The number of benzene rings is 1. The molecule has 0 saturated carbocycles. The third-order valence-electron chi connectivity index (χ3n) is 3.07. The van der Waals surface area contributed by atoms with Gasteiger partial charge in [0, 0.05) is 36.4 Å². The van der Waals surface area contributed by atoms with Crippen LogP contribution in [0.15, 0.2) is 29.2 Å². The zero-order valence-corrected chi connectivity index (χ0v) is 12.0. The second kappa shape index (κ2) is 6.56. The first-order chi connectivity index (χ1) is 9.60. The standard InChI is InChI=1S/C14H16N2O3S/c1-20-11-4-2-3-10(9-11)15-12(17)7-8-16-13(18)5-6-14(16)19/h2-4,9H,5-8H2,1H3,(H,15,17). The normalized spacial score (nSPS) is 14.8. The van der Waals surface area contributed by atoms with E-state index in [0.29, 0.717) is 0 Å². The van der Waals surface area contributed by atoms with Gasteiger partial charge in [-0.25, -0.2) is 0 Å². The Balaban J connectivity index is 1.86. The van der Waals surface area contributed by atoms with Crippen molar-refractivity contribution in [3.8, 4) is 0 Å². The number of hydrogen-bond acceptors (Lipinski definition) is 4. The van der Waals surface area contributed by atoms with Gasteiger partial charge in [0.25, 0.3) is 0 Å². The minimum Gasteiger partial charge on any atom is -0.326 e. The monoisotopic (exact) mass is 292 g/mol. The number of rotatable bonds is 5. The summed E-state index contributed by atoms with van der Waals surface area (Å²) < 4.78 is 0. The summed E-state index contributed by atoms with van der Waals surface area (Å²) in [6, 6.07) is 7.52. The molecule has 0 spiro atoms. The molecule has 0 aromatic heterocycles. The fraction of sp³-hybridized carbons (Fsp3) is 0.357. The third-order valence-corrected chi connectivity index (χ3v) is 3.80. The molecule has 0 bridgehead atoms. The lowest BCUT2D eigenvalue weighted by atomic mass is 10.3. The van der Waals surface area contributed by atoms with Crippen LogP contribution in [0.4, 0.5) is 5.69 Å². The van der Waals surface area contributed by atoms with Crippen LogP contribution >= 0.6 is 11.8 Å². The summed E-state index contributed by atoms with van der Waals surface area (Å²) in [6.07, 6.45) is 2.61. The number of carbonyl (C=O) groups excluding carboxylic acids is 3. The summed E-state index contributed by atoms with van der Waals surface area (Å²) >= 11 is 1.60. The van der Waals surface area contributed by atoms with Crippen LogP contribution in [-0.2, 0) is 14.4 Å². The molecule has 1 aliphatic heterocycles. The van der Waals surface area contributed by atoms with Crippen molar-refractivity contribution in [3.05, 3.63) is 24.3 Å². The summed E-state index contributed by atoms with van der Waals surface area (Å²) in [4.78, 5) is 36.9. The van der Waals surface area contributed by atoms with E-state index in [4.69, 9.17) is 0 Å². The van der Waals surface area contributed by atoms with Gasteiger partial charge in [-0.2, -0.15) is 0 Å². The summed E-state index contributed by atoms with van der Waals surface area (Å²) in [5.74, 6) is -0.574. The highest BCUT2D eigenvalue weighted by atomic mass is 32.2. The zero-order chi connectivity index (χ0) is 14.5. The first kappa shape index (κ1) is 14.6. The van der Waals surface area contributed by atoms with E-state index in [0.717, 1.165) is 15.5 Å². The van der Waals surface area contributed by atoms with Crippen LogP contribution in [0, 0.1) is 0 Å². The lowest BCUT2D eigenvalue weighted by Crippen LogP contribution is -2.32. The molecule has 20 heavy (non-hydrogen) atoms. The number of nitrogens with one attached hydrogen (secondary N) is 1. The Morgan fingerprint density at radius 1 is 1.30 bits per heavy atom. The largest absolute Gasteiger partial charge is 0.326 e. The third kappa shape index (κ3) is 3.60. The van der Waals surface area contributed by atoms with Gasteiger partial charge >= 0.3 is 0 Å². The average molecular weight is 292 g/mol. The quantitative estimate of drug-likeness (QED) is 0.665. The van der Waals surface area contributed by atoms with Crippen molar-refractivity contribution in [2.75, 3.05) is 18.1 Å². The van der Waals surface area contributed by atoms with Crippen LogP contribution < -0.4 is 5.32 Å². The highest BCUT2D eigenvalue weighted by Crippen LogP contribution is 2.19. The van der Waals surface area contributed by atoms with Crippen molar-refractivity contribution >= 4 is 35.2 Å². The highest BCUT2D eigenvalue weighted by Gasteiger charge is 2.28. The van der Waals surface area contributed by atoms with E-state index in [-0.39, 0.29) is 43.5 Å².